The number of carbonyl (C=O) groups is 3. The Hall–Kier alpha value is -3.75. The number of nitrogens with zero attached hydrogens (tertiary/aromatic N) is 1. The predicted molar refractivity (Wildman–Crippen MR) is 128 cm³/mol. The lowest BCUT2D eigenvalue weighted by molar-refractivity contribution is -0.500. The molecule has 2 aromatic rings. The topological polar surface area (TPSA) is 118 Å². The zero-order valence-corrected chi connectivity index (χ0v) is 19.7. The Kier molecular flexibility index (Phi) is 8.57. The van der Waals surface area contributed by atoms with E-state index in [2.05, 4.69) is 4.99 Å². The van der Waals surface area contributed by atoms with Crippen LogP contribution in [0.4, 0.5) is 20.6 Å². The molecular weight excluding hydrogens is 455 g/mol. The number of aliphatic hydroxyl groups is 1. The number of benzene rings is 2. The van der Waals surface area contributed by atoms with Gasteiger partial charge < -0.3 is 14.9 Å². The number of aliphatic carboxylic acids is 1. The van der Waals surface area contributed by atoms with Crippen LogP contribution >= 0.6 is 0 Å². The van der Waals surface area contributed by atoms with Gasteiger partial charge in [0.2, 0.25) is 17.9 Å². The minimum Gasteiger partial charge on any atom is -0.481 e. The molecule has 1 aliphatic heterocycles. The number of alkyl halides is 1. The SMILES string of the molecule is CC(C)C(OC(=O)N1c2ccccc2CCc2ccccc21)C(O)=[NH+]C(CCC(=O)O)C(=O)CF. The molecule has 0 radical (unpaired) electrons. The summed E-state index contributed by atoms with van der Waals surface area (Å²) in [6, 6.07) is 13.7. The number of carboxylic acids is 1. The molecule has 2 aromatic carbocycles. The van der Waals surface area contributed by atoms with Crippen LogP contribution in [0.1, 0.15) is 37.8 Å². The van der Waals surface area contributed by atoms with Crippen molar-refractivity contribution < 1.29 is 38.7 Å². The summed E-state index contributed by atoms with van der Waals surface area (Å²) in [4.78, 5) is 40.4. The Morgan fingerprint density at radius 2 is 1.54 bits per heavy atom. The molecule has 3 rings (SSSR count). The lowest BCUT2D eigenvalue weighted by Gasteiger charge is -2.27. The second-order valence-electron chi connectivity index (χ2n) is 8.76. The number of aryl methyl sites for hydroxylation is 2. The molecule has 1 amide bonds. The van der Waals surface area contributed by atoms with Gasteiger partial charge in [-0.15, -0.1) is 0 Å². The second-order valence-corrected chi connectivity index (χ2v) is 8.76. The van der Waals surface area contributed by atoms with Crippen LogP contribution in [-0.4, -0.2) is 52.8 Å². The zero-order chi connectivity index (χ0) is 25.5. The number of fused-ring (bicyclic) bond motifs is 2. The van der Waals surface area contributed by atoms with E-state index in [0.717, 1.165) is 24.0 Å². The number of Topliss-reactive ketones (excluding diaryl/α,β-unsaturated/α-hetero) is 1. The van der Waals surface area contributed by atoms with E-state index in [0.29, 0.717) is 11.4 Å². The number of para-hydroxylation sites is 2. The van der Waals surface area contributed by atoms with E-state index in [4.69, 9.17) is 9.84 Å². The molecule has 1 aliphatic rings. The fraction of sp³-hybridized carbons (Fsp3) is 0.385. The molecule has 0 fully saturated rings. The van der Waals surface area contributed by atoms with Crippen LogP contribution in [0, 0.1) is 5.92 Å². The molecule has 0 saturated carbocycles. The van der Waals surface area contributed by atoms with E-state index >= 15 is 0 Å². The first-order chi connectivity index (χ1) is 16.7. The monoisotopic (exact) mass is 485 g/mol. The number of ether oxygens (including phenoxy) is 1. The third-order valence-electron chi connectivity index (χ3n) is 5.90. The summed E-state index contributed by atoms with van der Waals surface area (Å²) in [6.07, 6.45) is -1.05. The molecule has 0 aromatic heterocycles. The molecule has 0 bridgehead atoms. The third kappa shape index (κ3) is 6.23. The number of nitrogens with one attached hydrogen (secondary N) is 1. The predicted octanol–water partition coefficient (Wildman–Crippen LogP) is 2.89. The van der Waals surface area contributed by atoms with Gasteiger partial charge in [0.25, 0.3) is 0 Å². The van der Waals surface area contributed by atoms with E-state index in [1.165, 1.54) is 4.90 Å². The Labute approximate surface area is 203 Å². The van der Waals surface area contributed by atoms with Gasteiger partial charge in [-0.2, -0.15) is 0 Å². The van der Waals surface area contributed by atoms with E-state index in [1.54, 1.807) is 13.8 Å². The zero-order valence-electron chi connectivity index (χ0n) is 19.7. The maximum atomic E-state index is 13.5. The normalized spacial score (nSPS) is 15.0. The molecule has 8 nitrogen and oxygen atoms in total. The molecule has 0 saturated heterocycles. The van der Waals surface area contributed by atoms with Crippen LogP contribution in [0.3, 0.4) is 0 Å². The fourth-order valence-electron chi connectivity index (χ4n) is 4.08. The van der Waals surface area contributed by atoms with Crippen LogP contribution in [-0.2, 0) is 27.2 Å². The van der Waals surface area contributed by atoms with Crippen molar-refractivity contribution in [2.75, 3.05) is 11.6 Å². The first-order valence-electron chi connectivity index (χ1n) is 11.5. The van der Waals surface area contributed by atoms with Gasteiger partial charge in [0.05, 0.1) is 17.8 Å². The summed E-state index contributed by atoms with van der Waals surface area (Å²) in [6.45, 7) is 2.10. The maximum absolute atomic E-state index is 13.5. The first-order valence-corrected chi connectivity index (χ1v) is 11.5. The van der Waals surface area contributed by atoms with Crippen molar-refractivity contribution in [1.82, 2.24) is 0 Å². The highest BCUT2D eigenvalue weighted by Gasteiger charge is 2.36. The number of ketones is 1. The Morgan fingerprint density at radius 1 is 1.00 bits per heavy atom. The smallest absolute Gasteiger partial charge is 0.419 e. The van der Waals surface area contributed by atoms with Crippen molar-refractivity contribution in [2.45, 2.75) is 51.7 Å². The number of anilines is 2. The molecule has 0 spiro atoms. The highest BCUT2D eigenvalue weighted by Crippen LogP contribution is 2.36. The summed E-state index contributed by atoms with van der Waals surface area (Å²) in [5, 5.41) is 19.7. The largest absolute Gasteiger partial charge is 0.481 e. The Morgan fingerprint density at radius 3 is 2.03 bits per heavy atom. The second kappa shape index (κ2) is 11.6. The number of carbonyl (C=O) groups excluding carboxylic acids is 2. The molecule has 2 unspecified atom stereocenters. The number of halogens is 1. The van der Waals surface area contributed by atoms with Gasteiger partial charge in [0, 0.05) is 12.3 Å². The molecule has 1 heterocycles. The average Bonchev–Trinajstić information content (AvgIpc) is 3.01. The number of amides is 1. The van der Waals surface area contributed by atoms with Crippen molar-refractivity contribution in [3.8, 4) is 0 Å². The van der Waals surface area contributed by atoms with Gasteiger partial charge in [-0.25, -0.2) is 19.1 Å². The summed E-state index contributed by atoms with van der Waals surface area (Å²) in [5.41, 5.74) is 3.28. The molecule has 0 aliphatic carbocycles. The van der Waals surface area contributed by atoms with Gasteiger partial charge in [0.1, 0.15) is 0 Å². The first kappa shape index (κ1) is 25.9. The minimum absolute atomic E-state index is 0.228. The van der Waals surface area contributed by atoms with Crippen molar-refractivity contribution in [1.29, 1.82) is 0 Å². The van der Waals surface area contributed by atoms with E-state index in [1.807, 2.05) is 48.5 Å². The van der Waals surface area contributed by atoms with E-state index < -0.39 is 54.9 Å². The molecule has 9 heteroatoms. The molecular formula is C26H30FN2O6+. The van der Waals surface area contributed by atoms with Crippen LogP contribution in [0.5, 0.6) is 0 Å². The number of carboxylic acid groups (broad SMARTS) is 1. The highest BCUT2D eigenvalue weighted by molar-refractivity contribution is 5.99. The molecule has 35 heavy (non-hydrogen) atoms. The number of rotatable bonds is 9. The lowest BCUT2D eigenvalue weighted by Crippen LogP contribution is -2.84. The van der Waals surface area contributed by atoms with Crippen LogP contribution in [0.25, 0.3) is 0 Å². The van der Waals surface area contributed by atoms with Gasteiger partial charge in [-0.05, 0) is 36.1 Å². The number of hydrogen-bond acceptors (Lipinski definition) is 4. The van der Waals surface area contributed by atoms with Gasteiger partial charge in [-0.1, -0.05) is 50.2 Å². The van der Waals surface area contributed by atoms with Crippen molar-refractivity contribution >= 4 is 35.1 Å². The fourth-order valence-corrected chi connectivity index (χ4v) is 4.08. The highest BCUT2D eigenvalue weighted by atomic mass is 19.1. The van der Waals surface area contributed by atoms with Crippen LogP contribution in [0.15, 0.2) is 48.5 Å². The van der Waals surface area contributed by atoms with Crippen LogP contribution in [0.2, 0.25) is 0 Å². The van der Waals surface area contributed by atoms with Crippen molar-refractivity contribution in [2.24, 2.45) is 5.92 Å². The number of aliphatic hydroxyl groups excluding tert-OH is 1. The molecule has 3 N–H and O–H groups in total. The summed E-state index contributed by atoms with van der Waals surface area (Å²) < 4.78 is 18.8. The van der Waals surface area contributed by atoms with Gasteiger partial charge >= 0.3 is 18.0 Å². The summed E-state index contributed by atoms with van der Waals surface area (Å²) in [7, 11) is 0. The Balaban J connectivity index is 1.93. The van der Waals surface area contributed by atoms with E-state index in [9.17, 15) is 23.9 Å². The minimum atomic E-state index is -1.32. The number of hydrogen-bond donors (Lipinski definition) is 3. The lowest BCUT2D eigenvalue weighted by atomic mass is 10.0. The Bertz CT molecular complexity index is 1070. The average molecular weight is 486 g/mol. The third-order valence-corrected chi connectivity index (χ3v) is 5.90. The standard InChI is InChI=1S/C26H29FN2O6/c1-16(2)24(25(33)28-19(22(30)15-27)13-14-23(31)32)35-26(34)29-20-9-5-3-7-17(20)11-12-18-8-4-6-10-21(18)29/h3-10,16,19,24H,11-15H2,1-2H3,(H,28,33)(H,31,32)/p+1. The van der Waals surface area contributed by atoms with Gasteiger partial charge in [-0.3, -0.25) is 9.59 Å². The molecule has 2 atom stereocenters. The van der Waals surface area contributed by atoms with Gasteiger partial charge in [0.15, 0.2) is 6.67 Å². The van der Waals surface area contributed by atoms with E-state index in [-0.39, 0.29) is 6.42 Å². The summed E-state index contributed by atoms with van der Waals surface area (Å²) >= 11 is 0. The van der Waals surface area contributed by atoms with Crippen LogP contribution < -0.4 is 9.89 Å². The van der Waals surface area contributed by atoms with Crippen molar-refractivity contribution in [3.63, 3.8) is 0 Å². The van der Waals surface area contributed by atoms with Crippen molar-refractivity contribution in [3.05, 3.63) is 59.7 Å². The maximum Gasteiger partial charge on any atom is 0.419 e. The summed E-state index contributed by atoms with van der Waals surface area (Å²) in [5.74, 6) is -3.01. The molecule has 186 valence electrons. The quantitative estimate of drug-likeness (QED) is 0.371.